The number of rotatable bonds is 3. The molecule has 0 bridgehead atoms. The average Bonchev–Trinajstić information content (AvgIpc) is 2.42. The maximum atomic E-state index is 13.2. The van der Waals surface area contributed by atoms with Gasteiger partial charge in [-0.1, -0.05) is 0 Å². The number of hydrogen-bond donors (Lipinski definition) is 3. The summed E-state index contributed by atoms with van der Waals surface area (Å²) in [6.07, 6.45) is 2.65. The lowest BCUT2D eigenvalue weighted by atomic mass is 9.77. The molecule has 0 aromatic carbocycles. The molecule has 1 aromatic heterocycles. The molecule has 1 heterocycles. The lowest BCUT2D eigenvalue weighted by Gasteiger charge is -2.34. The fourth-order valence-electron chi connectivity index (χ4n) is 2.75. The van der Waals surface area contributed by atoms with Gasteiger partial charge in [-0.25, -0.2) is 4.79 Å². The third kappa shape index (κ3) is 2.76. The van der Waals surface area contributed by atoms with Crippen LogP contribution in [0.15, 0.2) is 15.8 Å². The Hall–Kier alpha value is -1.47. The van der Waals surface area contributed by atoms with Crippen LogP contribution in [0.1, 0.15) is 25.3 Å². The van der Waals surface area contributed by atoms with Gasteiger partial charge in [-0.2, -0.15) is 4.39 Å². The van der Waals surface area contributed by atoms with Crippen molar-refractivity contribution < 1.29 is 14.6 Å². The zero-order valence-corrected chi connectivity index (χ0v) is 10.4. The maximum absolute atomic E-state index is 13.2. The van der Waals surface area contributed by atoms with Crippen molar-refractivity contribution in [1.82, 2.24) is 9.55 Å². The minimum absolute atomic E-state index is 0.00422. The fraction of sp³-hybridized carbons (Fsp3) is 0.667. The summed E-state index contributed by atoms with van der Waals surface area (Å²) in [6.45, 7) is -0.0882. The fourth-order valence-corrected chi connectivity index (χ4v) is 2.75. The third-order valence-corrected chi connectivity index (χ3v) is 3.90. The first kappa shape index (κ1) is 14.0. The molecule has 7 heteroatoms. The molecular formula is C12H17FN2O4. The van der Waals surface area contributed by atoms with E-state index < -0.39 is 17.1 Å². The molecule has 1 aliphatic carbocycles. The van der Waals surface area contributed by atoms with E-state index in [2.05, 4.69) is 0 Å². The van der Waals surface area contributed by atoms with Crippen LogP contribution in [0.4, 0.5) is 4.39 Å². The van der Waals surface area contributed by atoms with Crippen LogP contribution in [0, 0.1) is 17.7 Å². The first-order valence-electron chi connectivity index (χ1n) is 6.29. The summed E-state index contributed by atoms with van der Waals surface area (Å²) in [5, 5.41) is 18.5. The molecule has 0 spiro atoms. The monoisotopic (exact) mass is 272 g/mol. The van der Waals surface area contributed by atoms with E-state index in [0.717, 1.165) is 6.20 Å². The Bertz CT molecular complexity index is 553. The topological polar surface area (TPSA) is 95.3 Å². The van der Waals surface area contributed by atoms with E-state index in [4.69, 9.17) is 0 Å². The van der Waals surface area contributed by atoms with E-state index in [1.807, 2.05) is 4.98 Å². The number of aliphatic hydroxyl groups excluding tert-OH is 2. The van der Waals surface area contributed by atoms with Crippen LogP contribution in [0.5, 0.6) is 0 Å². The van der Waals surface area contributed by atoms with Gasteiger partial charge in [0.2, 0.25) is 5.82 Å². The Morgan fingerprint density at radius 2 is 1.95 bits per heavy atom. The Kier molecular flexibility index (Phi) is 4.16. The quantitative estimate of drug-likeness (QED) is 0.699. The van der Waals surface area contributed by atoms with Gasteiger partial charge in [-0.15, -0.1) is 0 Å². The number of hydrogen-bond acceptors (Lipinski definition) is 4. The van der Waals surface area contributed by atoms with Crippen molar-refractivity contribution in [2.45, 2.75) is 25.3 Å². The minimum Gasteiger partial charge on any atom is -0.396 e. The molecule has 1 aromatic rings. The van der Waals surface area contributed by atoms with E-state index in [1.165, 1.54) is 4.57 Å². The second kappa shape index (κ2) is 5.66. The normalized spacial score (nSPS) is 27.4. The lowest BCUT2D eigenvalue weighted by molar-refractivity contribution is 0.0659. The molecule has 0 aliphatic heterocycles. The number of nitrogens with one attached hydrogen (secondary N) is 1. The first-order valence-corrected chi connectivity index (χ1v) is 6.29. The molecule has 1 aliphatic rings. The first-order chi connectivity index (χ1) is 9.06. The van der Waals surface area contributed by atoms with Crippen molar-refractivity contribution >= 4 is 0 Å². The number of aromatic nitrogens is 2. The molecule has 19 heavy (non-hydrogen) atoms. The average molecular weight is 272 g/mol. The highest BCUT2D eigenvalue weighted by Gasteiger charge is 2.31. The van der Waals surface area contributed by atoms with Crippen LogP contribution in [0.2, 0.25) is 0 Å². The minimum atomic E-state index is -1.02. The summed E-state index contributed by atoms with van der Waals surface area (Å²) in [4.78, 5) is 24.6. The highest BCUT2D eigenvalue weighted by Crippen LogP contribution is 2.35. The number of aliphatic hydroxyl groups is 2. The van der Waals surface area contributed by atoms with Gasteiger partial charge in [0.05, 0.1) is 6.20 Å². The number of H-pyrrole nitrogens is 1. The van der Waals surface area contributed by atoms with Crippen molar-refractivity contribution in [2.75, 3.05) is 13.2 Å². The smallest absolute Gasteiger partial charge is 0.328 e. The van der Waals surface area contributed by atoms with Gasteiger partial charge >= 0.3 is 5.69 Å². The summed E-state index contributed by atoms with van der Waals surface area (Å²) >= 11 is 0. The van der Waals surface area contributed by atoms with E-state index >= 15 is 0 Å². The Morgan fingerprint density at radius 3 is 2.58 bits per heavy atom. The van der Waals surface area contributed by atoms with Gasteiger partial charge in [0, 0.05) is 19.3 Å². The number of halogens is 1. The predicted molar refractivity (Wildman–Crippen MR) is 65.3 cm³/mol. The van der Waals surface area contributed by atoms with Gasteiger partial charge in [-0.3, -0.25) is 14.3 Å². The second-order valence-corrected chi connectivity index (χ2v) is 5.00. The molecule has 106 valence electrons. The van der Waals surface area contributed by atoms with Gasteiger partial charge in [0.25, 0.3) is 5.56 Å². The summed E-state index contributed by atoms with van der Waals surface area (Å²) in [7, 11) is 0. The van der Waals surface area contributed by atoms with Crippen molar-refractivity contribution in [3.63, 3.8) is 0 Å². The van der Waals surface area contributed by atoms with E-state index in [1.54, 1.807) is 0 Å². The van der Waals surface area contributed by atoms with Crippen molar-refractivity contribution in [1.29, 1.82) is 0 Å². The zero-order chi connectivity index (χ0) is 14.0. The van der Waals surface area contributed by atoms with Crippen LogP contribution >= 0.6 is 0 Å². The van der Waals surface area contributed by atoms with Crippen molar-refractivity contribution in [2.24, 2.45) is 11.8 Å². The number of nitrogens with zero attached hydrogens (tertiary/aromatic N) is 1. The lowest BCUT2D eigenvalue weighted by Crippen LogP contribution is -2.38. The molecule has 0 radical (unpaired) electrons. The van der Waals surface area contributed by atoms with E-state index in [9.17, 15) is 24.2 Å². The summed E-state index contributed by atoms with van der Waals surface area (Å²) in [5.41, 5.74) is -1.67. The molecular weight excluding hydrogens is 255 g/mol. The van der Waals surface area contributed by atoms with Crippen LogP contribution in [-0.4, -0.2) is 33.0 Å². The molecule has 3 atom stereocenters. The SMILES string of the molecule is O=c1[nH]c(=O)n(C2CCC(CO)C(CO)C2)cc1F. The molecule has 1 saturated carbocycles. The predicted octanol–water partition coefficient (Wildman–Crippen LogP) is -0.382. The van der Waals surface area contributed by atoms with Gasteiger partial charge in [-0.05, 0) is 31.1 Å². The molecule has 0 saturated heterocycles. The Morgan fingerprint density at radius 1 is 1.26 bits per heavy atom. The number of aromatic amines is 1. The standard InChI is InChI=1S/C12H17FN2O4/c13-10-4-15(12(19)14-11(10)18)9-2-1-7(5-16)8(3-9)6-17/h4,7-9,16-17H,1-3,5-6H2,(H,14,18,19). The van der Waals surface area contributed by atoms with E-state index in [0.29, 0.717) is 19.3 Å². The van der Waals surface area contributed by atoms with Crippen LogP contribution < -0.4 is 11.2 Å². The summed E-state index contributed by atoms with van der Waals surface area (Å²) < 4.78 is 14.4. The molecule has 1 fully saturated rings. The van der Waals surface area contributed by atoms with Crippen molar-refractivity contribution in [3.05, 3.63) is 32.9 Å². The molecule has 6 nitrogen and oxygen atoms in total. The van der Waals surface area contributed by atoms with Crippen LogP contribution in [0.3, 0.4) is 0 Å². The molecule has 2 rings (SSSR count). The molecule has 0 amide bonds. The van der Waals surface area contributed by atoms with Crippen LogP contribution in [-0.2, 0) is 0 Å². The van der Waals surface area contributed by atoms with Crippen LogP contribution in [0.25, 0.3) is 0 Å². The van der Waals surface area contributed by atoms with Crippen molar-refractivity contribution in [3.8, 4) is 0 Å². The molecule has 3 unspecified atom stereocenters. The summed E-state index contributed by atoms with van der Waals surface area (Å²) in [5.74, 6) is -1.11. The zero-order valence-electron chi connectivity index (χ0n) is 10.4. The maximum Gasteiger partial charge on any atom is 0.328 e. The Balaban J connectivity index is 2.26. The van der Waals surface area contributed by atoms with E-state index in [-0.39, 0.29) is 31.1 Å². The Labute approximate surface area is 108 Å². The highest BCUT2D eigenvalue weighted by atomic mass is 19.1. The molecule has 3 N–H and O–H groups in total. The van der Waals surface area contributed by atoms with Gasteiger partial charge < -0.3 is 10.2 Å². The van der Waals surface area contributed by atoms with Gasteiger partial charge in [0.1, 0.15) is 0 Å². The largest absolute Gasteiger partial charge is 0.396 e. The highest BCUT2D eigenvalue weighted by molar-refractivity contribution is 4.92. The third-order valence-electron chi connectivity index (χ3n) is 3.90. The summed E-state index contributed by atoms with van der Waals surface area (Å²) in [6, 6.07) is -0.265. The van der Waals surface area contributed by atoms with Gasteiger partial charge in [0.15, 0.2) is 0 Å². The second-order valence-electron chi connectivity index (χ2n) is 5.00.